The van der Waals surface area contributed by atoms with Gasteiger partial charge in [0, 0.05) is 24.2 Å². The van der Waals surface area contributed by atoms with Crippen molar-refractivity contribution >= 4 is 0 Å². The Hall–Kier alpha value is -1.00. The highest BCUT2D eigenvalue weighted by atomic mass is 19.1. The van der Waals surface area contributed by atoms with Crippen LogP contribution in [0.25, 0.3) is 0 Å². The van der Waals surface area contributed by atoms with E-state index in [9.17, 15) is 13.9 Å². The number of fused-ring (bicyclic) bond motifs is 1. The lowest BCUT2D eigenvalue weighted by Gasteiger charge is -2.25. The molecule has 0 saturated heterocycles. The molecular formula is C16H21F2NO. The molecule has 0 spiro atoms. The van der Waals surface area contributed by atoms with Crippen LogP contribution in [0, 0.1) is 23.5 Å². The van der Waals surface area contributed by atoms with Gasteiger partial charge >= 0.3 is 0 Å². The SMILES string of the molecule is CN(Cc1ccc(F)cc1F)C1C[C@H]2CC(O)C[C@H]2C1. The molecule has 1 aromatic rings. The normalized spacial score (nSPS) is 32.9. The second-order valence-electron chi connectivity index (χ2n) is 6.42. The Morgan fingerprint density at radius 2 is 1.80 bits per heavy atom. The molecule has 0 amide bonds. The van der Waals surface area contributed by atoms with Gasteiger partial charge in [-0.15, -0.1) is 0 Å². The summed E-state index contributed by atoms with van der Waals surface area (Å²) in [5, 5.41) is 9.66. The lowest BCUT2D eigenvalue weighted by Crippen LogP contribution is -2.30. The summed E-state index contributed by atoms with van der Waals surface area (Å²) < 4.78 is 26.6. The van der Waals surface area contributed by atoms with Crippen LogP contribution in [0.2, 0.25) is 0 Å². The van der Waals surface area contributed by atoms with Crippen LogP contribution in [0.15, 0.2) is 18.2 Å². The molecule has 2 aliphatic carbocycles. The van der Waals surface area contributed by atoms with Crippen LogP contribution < -0.4 is 0 Å². The Labute approximate surface area is 118 Å². The molecule has 20 heavy (non-hydrogen) atoms. The average Bonchev–Trinajstić information content (AvgIpc) is 2.89. The van der Waals surface area contributed by atoms with Crippen molar-refractivity contribution in [2.24, 2.45) is 11.8 Å². The molecule has 2 unspecified atom stereocenters. The molecule has 1 aromatic carbocycles. The van der Waals surface area contributed by atoms with Crippen molar-refractivity contribution in [3.8, 4) is 0 Å². The first-order chi connectivity index (χ1) is 9.52. The van der Waals surface area contributed by atoms with Crippen LogP contribution in [0.3, 0.4) is 0 Å². The molecule has 2 nitrogen and oxygen atoms in total. The van der Waals surface area contributed by atoms with Crippen LogP contribution in [0.5, 0.6) is 0 Å². The predicted octanol–water partition coefficient (Wildman–Crippen LogP) is 2.95. The third-order valence-electron chi connectivity index (χ3n) is 5.02. The number of rotatable bonds is 3. The predicted molar refractivity (Wildman–Crippen MR) is 73.1 cm³/mol. The summed E-state index contributed by atoms with van der Waals surface area (Å²) in [7, 11) is 2.00. The first-order valence-electron chi connectivity index (χ1n) is 7.35. The summed E-state index contributed by atoms with van der Waals surface area (Å²) in [6.07, 6.45) is 3.88. The third kappa shape index (κ3) is 2.72. The molecule has 0 aliphatic heterocycles. The van der Waals surface area contributed by atoms with Crippen molar-refractivity contribution in [1.29, 1.82) is 0 Å². The standard InChI is InChI=1S/C16H21F2NO/c1-19(9-10-2-3-13(17)8-16(10)18)14-4-11-6-15(20)7-12(11)5-14/h2-3,8,11-12,14-15,20H,4-7,9H2,1H3/t11-,12+,14?,15?. The van der Waals surface area contributed by atoms with E-state index in [1.807, 2.05) is 7.05 Å². The quantitative estimate of drug-likeness (QED) is 0.921. The summed E-state index contributed by atoms with van der Waals surface area (Å²) in [5.41, 5.74) is 0.547. The van der Waals surface area contributed by atoms with E-state index in [0.717, 1.165) is 31.7 Å². The molecular weight excluding hydrogens is 260 g/mol. The smallest absolute Gasteiger partial charge is 0.130 e. The van der Waals surface area contributed by atoms with E-state index >= 15 is 0 Å². The van der Waals surface area contributed by atoms with Crippen molar-refractivity contribution in [3.63, 3.8) is 0 Å². The van der Waals surface area contributed by atoms with E-state index in [0.29, 0.717) is 30.0 Å². The van der Waals surface area contributed by atoms with Crippen molar-refractivity contribution in [1.82, 2.24) is 4.90 Å². The summed E-state index contributed by atoms with van der Waals surface area (Å²) in [6, 6.07) is 4.23. The first kappa shape index (κ1) is 14.0. The molecule has 1 N–H and O–H groups in total. The number of hydrogen-bond donors (Lipinski definition) is 1. The zero-order valence-electron chi connectivity index (χ0n) is 11.7. The highest BCUT2D eigenvalue weighted by Gasteiger charge is 2.42. The van der Waals surface area contributed by atoms with E-state index in [1.165, 1.54) is 12.1 Å². The van der Waals surface area contributed by atoms with Crippen LogP contribution in [-0.4, -0.2) is 29.2 Å². The van der Waals surface area contributed by atoms with Gasteiger partial charge in [0.25, 0.3) is 0 Å². The Balaban J connectivity index is 1.61. The topological polar surface area (TPSA) is 23.5 Å². The van der Waals surface area contributed by atoms with Crippen molar-refractivity contribution in [2.45, 2.75) is 44.4 Å². The van der Waals surface area contributed by atoms with Gasteiger partial charge in [-0.3, -0.25) is 4.90 Å². The number of aliphatic hydroxyl groups is 1. The third-order valence-corrected chi connectivity index (χ3v) is 5.02. The molecule has 2 saturated carbocycles. The van der Waals surface area contributed by atoms with Crippen molar-refractivity contribution in [3.05, 3.63) is 35.4 Å². The van der Waals surface area contributed by atoms with E-state index in [2.05, 4.69) is 4.90 Å². The fourth-order valence-corrected chi connectivity index (χ4v) is 3.96. The summed E-state index contributed by atoms with van der Waals surface area (Å²) in [4.78, 5) is 2.17. The van der Waals surface area contributed by atoms with Gasteiger partial charge in [0.15, 0.2) is 0 Å². The van der Waals surface area contributed by atoms with Gasteiger partial charge in [0.2, 0.25) is 0 Å². The van der Waals surface area contributed by atoms with Crippen molar-refractivity contribution < 1.29 is 13.9 Å². The van der Waals surface area contributed by atoms with Gasteiger partial charge in [-0.1, -0.05) is 6.07 Å². The van der Waals surface area contributed by atoms with Crippen LogP contribution >= 0.6 is 0 Å². The number of hydrogen-bond acceptors (Lipinski definition) is 2. The van der Waals surface area contributed by atoms with E-state index in [-0.39, 0.29) is 6.10 Å². The molecule has 0 radical (unpaired) electrons. The number of halogens is 2. The van der Waals surface area contributed by atoms with Gasteiger partial charge in [-0.2, -0.15) is 0 Å². The molecule has 0 bridgehead atoms. The number of aliphatic hydroxyl groups excluding tert-OH is 1. The second kappa shape index (κ2) is 5.41. The summed E-state index contributed by atoms with van der Waals surface area (Å²) in [5.74, 6) is 0.245. The van der Waals surface area contributed by atoms with Crippen LogP contribution in [-0.2, 0) is 6.54 Å². The minimum absolute atomic E-state index is 0.120. The Bertz CT molecular complexity index is 479. The number of nitrogens with zero attached hydrogens (tertiary/aromatic N) is 1. The highest BCUT2D eigenvalue weighted by molar-refractivity contribution is 5.18. The highest BCUT2D eigenvalue weighted by Crippen LogP contribution is 2.45. The van der Waals surface area contributed by atoms with Gasteiger partial charge < -0.3 is 5.11 Å². The van der Waals surface area contributed by atoms with Crippen LogP contribution in [0.4, 0.5) is 8.78 Å². The minimum atomic E-state index is -0.529. The number of benzene rings is 1. The second-order valence-corrected chi connectivity index (χ2v) is 6.42. The lowest BCUT2D eigenvalue weighted by atomic mass is 10.0. The maximum Gasteiger partial charge on any atom is 0.130 e. The zero-order chi connectivity index (χ0) is 14.3. The van der Waals surface area contributed by atoms with Gasteiger partial charge in [0.05, 0.1) is 6.10 Å². The maximum atomic E-state index is 13.7. The van der Waals surface area contributed by atoms with E-state index in [4.69, 9.17) is 0 Å². The van der Waals surface area contributed by atoms with Gasteiger partial charge in [-0.25, -0.2) is 8.78 Å². The lowest BCUT2D eigenvalue weighted by molar-refractivity contribution is 0.158. The largest absolute Gasteiger partial charge is 0.393 e. The summed E-state index contributed by atoms with van der Waals surface area (Å²) >= 11 is 0. The monoisotopic (exact) mass is 281 g/mol. The van der Waals surface area contributed by atoms with E-state index < -0.39 is 11.6 Å². The van der Waals surface area contributed by atoms with Crippen LogP contribution in [0.1, 0.15) is 31.2 Å². The van der Waals surface area contributed by atoms with Crippen molar-refractivity contribution in [2.75, 3.05) is 7.05 Å². The molecule has 0 heterocycles. The molecule has 2 fully saturated rings. The fourth-order valence-electron chi connectivity index (χ4n) is 3.96. The summed E-state index contributed by atoms with van der Waals surface area (Å²) in [6.45, 7) is 0.513. The molecule has 110 valence electrons. The fraction of sp³-hybridized carbons (Fsp3) is 0.625. The zero-order valence-corrected chi connectivity index (χ0v) is 11.7. The van der Waals surface area contributed by atoms with Gasteiger partial charge in [0.1, 0.15) is 11.6 Å². The van der Waals surface area contributed by atoms with E-state index in [1.54, 1.807) is 0 Å². The maximum absolute atomic E-state index is 13.7. The molecule has 2 aliphatic rings. The minimum Gasteiger partial charge on any atom is -0.393 e. The molecule has 0 aromatic heterocycles. The Morgan fingerprint density at radius 3 is 2.40 bits per heavy atom. The average molecular weight is 281 g/mol. The molecule has 3 rings (SSSR count). The van der Waals surface area contributed by atoms with Gasteiger partial charge in [-0.05, 0) is 50.6 Å². The Morgan fingerprint density at radius 1 is 1.15 bits per heavy atom. The molecule has 4 atom stereocenters. The Kier molecular flexibility index (Phi) is 3.78. The molecule has 4 heteroatoms. The first-order valence-corrected chi connectivity index (χ1v) is 7.35.